The van der Waals surface area contributed by atoms with Crippen LogP contribution in [0.2, 0.25) is 0 Å². The number of hydrazone groups is 2. The molecule has 0 unspecified atom stereocenters. The Morgan fingerprint density at radius 1 is 0.826 bits per heavy atom. The first-order valence-electron chi connectivity index (χ1n) is 14.8. The number of nitrogens with one attached hydrogen (secondary N) is 2. The topological polar surface area (TPSA) is 111 Å². The number of carbonyl (C=O) groups is 2. The van der Waals surface area contributed by atoms with Gasteiger partial charge in [0.2, 0.25) is 5.43 Å². The Kier molecular flexibility index (Phi) is 8.92. The number of piperazine rings is 1. The number of rotatable bonds is 9. The zero-order valence-corrected chi connectivity index (χ0v) is 24.6. The van der Waals surface area contributed by atoms with Crippen LogP contribution in [0, 0.1) is 17.5 Å². The highest BCUT2D eigenvalue weighted by Crippen LogP contribution is 2.38. The van der Waals surface area contributed by atoms with Crippen LogP contribution in [0.15, 0.2) is 81.9 Å². The average Bonchev–Trinajstić information content (AvgIpc) is 3.89. The summed E-state index contributed by atoms with van der Waals surface area (Å²) >= 11 is 0. The number of pyridine rings is 1. The highest BCUT2D eigenvalue weighted by Gasteiger charge is 2.29. The Morgan fingerprint density at radius 3 is 2.00 bits per heavy atom. The fourth-order valence-electron chi connectivity index (χ4n) is 5.31. The molecule has 0 bridgehead atoms. The molecule has 0 atom stereocenters. The summed E-state index contributed by atoms with van der Waals surface area (Å²) in [5.41, 5.74) is 6.13. The molecule has 3 aromatic carbocycles. The Labute approximate surface area is 261 Å². The number of aromatic nitrogens is 1. The SMILES string of the molecule is O=C(CN1CCN(c2cc3c(cc2F)c(=O)c(C(=O)N/N=C/c2ccc(F)cc2)cn3C2CC2)CC1)N/N=C\c1ccc(F)cc1. The van der Waals surface area contributed by atoms with Crippen molar-refractivity contribution in [2.24, 2.45) is 10.2 Å². The molecule has 0 radical (unpaired) electrons. The number of carbonyl (C=O) groups excluding carboxylic acids is 2. The summed E-state index contributed by atoms with van der Waals surface area (Å²) in [5.74, 6) is -2.38. The normalized spacial score (nSPS) is 15.6. The van der Waals surface area contributed by atoms with Crippen molar-refractivity contribution in [1.82, 2.24) is 20.3 Å². The summed E-state index contributed by atoms with van der Waals surface area (Å²) in [7, 11) is 0. The first kappa shape index (κ1) is 30.7. The Hall–Kier alpha value is -5.30. The molecule has 0 spiro atoms. The lowest BCUT2D eigenvalue weighted by atomic mass is 10.1. The molecule has 4 aromatic rings. The second-order valence-electron chi connectivity index (χ2n) is 11.2. The smallest absolute Gasteiger partial charge is 0.276 e. The number of benzene rings is 3. The molecule has 236 valence electrons. The fourth-order valence-corrected chi connectivity index (χ4v) is 5.31. The van der Waals surface area contributed by atoms with Crippen LogP contribution < -0.4 is 21.2 Å². The number of halogens is 3. The molecule has 10 nitrogen and oxygen atoms in total. The summed E-state index contributed by atoms with van der Waals surface area (Å²) in [6.45, 7) is 2.01. The molecule has 1 aliphatic carbocycles. The van der Waals surface area contributed by atoms with Crippen molar-refractivity contribution in [3.63, 3.8) is 0 Å². The molecule has 1 aliphatic heterocycles. The zero-order chi connectivity index (χ0) is 32.2. The van der Waals surface area contributed by atoms with Crippen LogP contribution in [0.1, 0.15) is 40.4 Å². The second kappa shape index (κ2) is 13.4. The molecular formula is C33H30F3N7O3. The van der Waals surface area contributed by atoms with Crippen molar-refractivity contribution in [3.8, 4) is 0 Å². The van der Waals surface area contributed by atoms with Gasteiger partial charge in [0.25, 0.3) is 11.8 Å². The van der Waals surface area contributed by atoms with Crippen LogP contribution in [-0.2, 0) is 4.79 Å². The van der Waals surface area contributed by atoms with Crippen molar-refractivity contribution in [2.75, 3.05) is 37.6 Å². The van der Waals surface area contributed by atoms with E-state index in [1.54, 1.807) is 18.2 Å². The van der Waals surface area contributed by atoms with E-state index in [-0.39, 0.29) is 35.3 Å². The van der Waals surface area contributed by atoms with Crippen molar-refractivity contribution in [2.45, 2.75) is 18.9 Å². The summed E-state index contributed by atoms with van der Waals surface area (Å²) in [6, 6.07) is 14.1. The highest BCUT2D eigenvalue weighted by atomic mass is 19.1. The number of nitrogens with zero attached hydrogens (tertiary/aromatic N) is 5. The van der Waals surface area contributed by atoms with Gasteiger partial charge in [0.05, 0.1) is 30.2 Å². The van der Waals surface area contributed by atoms with Crippen molar-refractivity contribution in [1.29, 1.82) is 0 Å². The standard InChI is InChI=1S/C33H30F3N7O3/c34-23-5-1-21(2-6-23)17-37-39-31(44)20-41-11-13-42(14-12-41)30-16-29-26(15-28(30)36)32(45)27(19-43(29)25-9-10-25)33(46)40-38-18-22-3-7-24(35)8-4-22/h1-8,15-19,25H,9-14,20H2,(H,39,44)(H,40,46)/b37-17-,38-18+. The largest absolute Gasteiger partial charge is 0.367 e. The maximum Gasteiger partial charge on any atom is 0.276 e. The van der Waals surface area contributed by atoms with E-state index >= 15 is 4.39 Å². The van der Waals surface area contributed by atoms with Gasteiger partial charge in [-0.25, -0.2) is 24.0 Å². The van der Waals surface area contributed by atoms with Gasteiger partial charge in [0.1, 0.15) is 23.0 Å². The Bertz CT molecular complexity index is 1880. The van der Waals surface area contributed by atoms with E-state index < -0.39 is 23.0 Å². The van der Waals surface area contributed by atoms with E-state index in [4.69, 9.17) is 0 Å². The molecule has 2 fully saturated rings. The second-order valence-corrected chi connectivity index (χ2v) is 11.2. The highest BCUT2D eigenvalue weighted by molar-refractivity contribution is 5.98. The van der Waals surface area contributed by atoms with Gasteiger partial charge in [-0.15, -0.1) is 0 Å². The Morgan fingerprint density at radius 2 is 1.41 bits per heavy atom. The van der Waals surface area contributed by atoms with Gasteiger partial charge in [-0.3, -0.25) is 19.3 Å². The minimum atomic E-state index is -0.731. The van der Waals surface area contributed by atoms with E-state index in [2.05, 4.69) is 21.1 Å². The third-order valence-electron chi connectivity index (χ3n) is 7.89. The summed E-state index contributed by atoms with van der Waals surface area (Å²) in [5, 5.41) is 7.90. The molecule has 46 heavy (non-hydrogen) atoms. The number of amides is 2. The summed E-state index contributed by atoms with van der Waals surface area (Å²) < 4.78 is 43.6. The van der Waals surface area contributed by atoms with E-state index in [1.807, 2.05) is 14.4 Å². The first-order chi connectivity index (χ1) is 22.2. The maximum absolute atomic E-state index is 15.5. The van der Waals surface area contributed by atoms with Gasteiger partial charge < -0.3 is 9.47 Å². The van der Waals surface area contributed by atoms with Crippen molar-refractivity contribution in [3.05, 3.63) is 111 Å². The minimum Gasteiger partial charge on any atom is -0.367 e. The lowest BCUT2D eigenvalue weighted by Gasteiger charge is -2.36. The lowest BCUT2D eigenvalue weighted by Crippen LogP contribution is -2.49. The molecule has 6 rings (SSSR count). The molecule has 2 heterocycles. The molecule has 2 N–H and O–H groups in total. The van der Waals surface area contributed by atoms with Crippen LogP contribution in [-0.4, -0.2) is 66.4 Å². The molecule has 1 aromatic heterocycles. The predicted molar refractivity (Wildman–Crippen MR) is 169 cm³/mol. The third-order valence-corrected chi connectivity index (χ3v) is 7.89. The van der Waals surface area contributed by atoms with Gasteiger partial charge in [0.15, 0.2) is 0 Å². The number of hydrogen-bond acceptors (Lipinski definition) is 7. The van der Waals surface area contributed by atoms with Gasteiger partial charge in [-0.2, -0.15) is 10.2 Å². The monoisotopic (exact) mass is 629 g/mol. The molecule has 2 amide bonds. The van der Waals surface area contributed by atoms with Crippen molar-refractivity contribution >= 4 is 40.8 Å². The van der Waals surface area contributed by atoms with Crippen molar-refractivity contribution < 1.29 is 22.8 Å². The first-order valence-corrected chi connectivity index (χ1v) is 14.8. The molecule has 13 heteroatoms. The van der Waals surface area contributed by atoms with Gasteiger partial charge in [-0.05, 0) is 60.4 Å². The van der Waals surface area contributed by atoms with Crippen LogP contribution in [0.3, 0.4) is 0 Å². The van der Waals surface area contributed by atoms with Crippen LogP contribution in [0.25, 0.3) is 10.9 Å². The number of fused-ring (bicyclic) bond motifs is 1. The quantitative estimate of drug-likeness (QED) is 0.216. The average molecular weight is 630 g/mol. The van der Waals surface area contributed by atoms with Crippen LogP contribution in [0.5, 0.6) is 0 Å². The summed E-state index contributed by atoms with van der Waals surface area (Å²) in [4.78, 5) is 42.5. The molecule has 1 saturated carbocycles. The van der Waals surface area contributed by atoms with E-state index in [9.17, 15) is 23.2 Å². The molecule has 1 saturated heterocycles. The van der Waals surface area contributed by atoms with E-state index in [0.717, 1.165) is 12.8 Å². The van der Waals surface area contributed by atoms with Crippen LogP contribution >= 0.6 is 0 Å². The minimum absolute atomic E-state index is 0.0803. The van der Waals surface area contributed by atoms with Gasteiger partial charge in [0, 0.05) is 43.8 Å². The van der Waals surface area contributed by atoms with E-state index in [0.29, 0.717) is 48.5 Å². The maximum atomic E-state index is 15.5. The third kappa shape index (κ3) is 7.15. The summed E-state index contributed by atoms with van der Waals surface area (Å²) in [6.07, 6.45) is 5.99. The molecule has 2 aliphatic rings. The lowest BCUT2D eigenvalue weighted by molar-refractivity contribution is -0.122. The van der Waals surface area contributed by atoms with E-state index in [1.165, 1.54) is 61.1 Å². The fraction of sp³-hybridized carbons (Fsp3) is 0.242. The predicted octanol–water partition coefficient (Wildman–Crippen LogP) is 3.79. The Balaban J connectivity index is 1.12. The number of anilines is 1. The number of hydrogen-bond donors (Lipinski definition) is 2. The molecular weight excluding hydrogens is 599 g/mol. The zero-order valence-electron chi connectivity index (χ0n) is 24.6. The van der Waals surface area contributed by atoms with Crippen LogP contribution in [0.4, 0.5) is 18.9 Å². The van der Waals surface area contributed by atoms with Gasteiger partial charge in [-0.1, -0.05) is 24.3 Å². The van der Waals surface area contributed by atoms with Gasteiger partial charge >= 0.3 is 0 Å².